The van der Waals surface area contributed by atoms with Crippen molar-refractivity contribution >= 4 is 10.8 Å². The van der Waals surface area contributed by atoms with Gasteiger partial charge in [0.25, 0.3) is 0 Å². The van der Waals surface area contributed by atoms with E-state index >= 15 is 0 Å². The first-order valence-corrected chi connectivity index (χ1v) is 6.25. The average Bonchev–Trinajstić information content (AvgIpc) is 2.36. The summed E-state index contributed by atoms with van der Waals surface area (Å²) in [4.78, 5) is 4.53. The first-order chi connectivity index (χ1) is 8.57. The molecule has 0 spiro atoms. The van der Waals surface area contributed by atoms with Crippen LogP contribution in [0.4, 0.5) is 0 Å². The molecule has 94 valence electrons. The van der Waals surface area contributed by atoms with Gasteiger partial charge >= 0.3 is 0 Å². The molecule has 1 aliphatic rings. The van der Waals surface area contributed by atoms with Gasteiger partial charge in [0.05, 0.1) is 5.69 Å². The molecule has 1 aliphatic heterocycles. The van der Waals surface area contributed by atoms with E-state index in [0.29, 0.717) is 13.2 Å². The molecule has 0 unspecified atom stereocenters. The van der Waals surface area contributed by atoms with Gasteiger partial charge in [-0.3, -0.25) is 4.98 Å². The predicted octanol–water partition coefficient (Wildman–Crippen LogP) is 3.30. The lowest BCUT2D eigenvalue weighted by Gasteiger charge is -2.23. The van der Waals surface area contributed by atoms with Crippen LogP contribution in [0.25, 0.3) is 10.8 Å². The molecule has 2 heterocycles. The second-order valence-corrected chi connectivity index (χ2v) is 5.59. The van der Waals surface area contributed by atoms with Crippen LogP contribution in [0.1, 0.15) is 26.5 Å². The highest BCUT2D eigenvalue weighted by Crippen LogP contribution is 2.40. The molecule has 1 aromatic heterocycles. The molecule has 0 atom stereocenters. The zero-order valence-electron chi connectivity index (χ0n) is 11.0. The first-order valence-electron chi connectivity index (χ1n) is 6.25. The van der Waals surface area contributed by atoms with E-state index in [9.17, 15) is 0 Å². The van der Waals surface area contributed by atoms with E-state index in [1.54, 1.807) is 0 Å². The SMILES string of the molecule is CC(C)(C)c1nccc2c3c(ccc12)OCCO3. The Morgan fingerprint density at radius 1 is 1.00 bits per heavy atom. The number of pyridine rings is 1. The summed E-state index contributed by atoms with van der Waals surface area (Å²) in [7, 11) is 0. The Morgan fingerprint density at radius 2 is 1.78 bits per heavy atom. The van der Waals surface area contributed by atoms with Crippen molar-refractivity contribution in [3.63, 3.8) is 0 Å². The molecule has 0 aliphatic carbocycles. The van der Waals surface area contributed by atoms with Crippen LogP contribution >= 0.6 is 0 Å². The molecule has 0 N–H and O–H groups in total. The molecule has 3 rings (SSSR count). The molecule has 2 aromatic rings. The lowest BCUT2D eigenvalue weighted by atomic mass is 9.88. The standard InChI is InChI=1S/C15H17NO2/c1-15(2,3)14-11-4-5-12-13(18-9-8-17-12)10(11)6-7-16-14/h4-7H,8-9H2,1-3H3. The molecule has 0 saturated heterocycles. The Morgan fingerprint density at radius 3 is 2.56 bits per heavy atom. The molecular weight excluding hydrogens is 226 g/mol. The summed E-state index contributed by atoms with van der Waals surface area (Å²) in [5, 5.41) is 2.24. The minimum Gasteiger partial charge on any atom is -0.486 e. The monoisotopic (exact) mass is 243 g/mol. The van der Waals surface area contributed by atoms with Gasteiger partial charge in [0, 0.05) is 22.4 Å². The van der Waals surface area contributed by atoms with Gasteiger partial charge in [0.1, 0.15) is 13.2 Å². The van der Waals surface area contributed by atoms with Gasteiger partial charge in [-0.15, -0.1) is 0 Å². The topological polar surface area (TPSA) is 31.4 Å². The highest BCUT2D eigenvalue weighted by atomic mass is 16.6. The lowest BCUT2D eigenvalue weighted by Crippen LogP contribution is -2.17. The molecular formula is C15H17NO2. The maximum atomic E-state index is 5.75. The largest absolute Gasteiger partial charge is 0.486 e. The molecule has 0 saturated carbocycles. The molecule has 3 nitrogen and oxygen atoms in total. The van der Waals surface area contributed by atoms with Gasteiger partial charge in [-0.1, -0.05) is 20.8 Å². The molecule has 0 radical (unpaired) electrons. The fourth-order valence-corrected chi connectivity index (χ4v) is 2.36. The number of aromatic nitrogens is 1. The van der Waals surface area contributed by atoms with E-state index in [-0.39, 0.29) is 5.41 Å². The summed E-state index contributed by atoms with van der Waals surface area (Å²) in [5.41, 5.74) is 1.11. The molecule has 0 fully saturated rings. The summed E-state index contributed by atoms with van der Waals surface area (Å²) in [6, 6.07) is 6.06. The van der Waals surface area contributed by atoms with E-state index in [1.165, 1.54) is 0 Å². The van der Waals surface area contributed by atoms with Crippen LogP contribution in [0, 0.1) is 0 Å². The highest BCUT2D eigenvalue weighted by molar-refractivity contribution is 5.92. The van der Waals surface area contributed by atoms with Crippen LogP contribution in [0.3, 0.4) is 0 Å². The van der Waals surface area contributed by atoms with Crippen molar-refractivity contribution in [2.24, 2.45) is 0 Å². The lowest BCUT2D eigenvalue weighted by molar-refractivity contribution is 0.174. The number of nitrogens with zero attached hydrogens (tertiary/aromatic N) is 1. The van der Waals surface area contributed by atoms with Gasteiger partial charge in [-0.05, 0) is 18.2 Å². The molecule has 3 heteroatoms. The summed E-state index contributed by atoms with van der Waals surface area (Å²) < 4.78 is 11.4. The number of benzene rings is 1. The zero-order valence-corrected chi connectivity index (χ0v) is 11.0. The smallest absolute Gasteiger partial charge is 0.169 e. The van der Waals surface area contributed by atoms with Gasteiger partial charge < -0.3 is 9.47 Å². The fourth-order valence-electron chi connectivity index (χ4n) is 2.36. The maximum Gasteiger partial charge on any atom is 0.169 e. The molecule has 0 amide bonds. The minimum atomic E-state index is 0.0171. The van der Waals surface area contributed by atoms with Gasteiger partial charge in [0.2, 0.25) is 0 Å². The number of ether oxygens (including phenoxy) is 2. The van der Waals surface area contributed by atoms with E-state index in [2.05, 4.69) is 31.8 Å². The van der Waals surface area contributed by atoms with E-state index in [0.717, 1.165) is 28.0 Å². The van der Waals surface area contributed by atoms with Crippen LogP contribution in [-0.2, 0) is 5.41 Å². The Hall–Kier alpha value is -1.77. The third-order valence-corrected chi connectivity index (χ3v) is 3.16. The Bertz CT molecular complexity index is 599. The third kappa shape index (κ3) is 1.70. The van der Waals surface area contributed by atoms with E-state index in [4.69, 9.17) is 9.47 Å². The van der Waals surface area contributed by atoms with Crippen molar-refractivity contribution < 1.29 is 9.47 Å². The van der Waals surface area contributed by atoms with Crippen LogP contribution < -0.4 is 9.47 Å². The second-order valence-electron chi connectivity index (χ2n) is 5.59. The highest BCUT2D eigenvalue weighted by Gasteiger charge is 2.22. The molecule has 0 bridgehead atoms. The number of hydrogen-bond donors (Lipinski definition) is 0. The van der Waals surface area contributed by atoms with Crippen molar-refractivity contribution in [2.75, 3.05) is 13.2 Å². The zero-order chi connectivity index (χ0) is 12.8. The van der Waals surface area contributed by atoms with Crippen LogP contribution in [-0.4, -0.2) is 18.2 Å². The number of fused-ring (bicyclic) bond motifs is 3. The van der Waals surface area contributed by atoms with Crippen LogP contribution in [0.15, 0.2) is 24.4 Å². The molecule has 18 heavy (non-hydrogen) atoms. The van der Waals surface area contributed by atoms with Crippen LogP contribution in [0.5, 0.6) is 11.5 Å². The van der Waals surface area contributed by atoms with Gasteiger partial charge in [-0.2, -0.15) is 0 Å². The number of rotatable bonds is 0. The fraction of sp³-hybridized carbons (Fsp3) is 0.400. The summed E-state index contributed by atoms with van der Waals surface area (Å²) in [6.07, 6.45) is 1.85. The molecule has 1 aromatic carbocycles. The number of hydrogen-bond acceptors (Lipinski definition) is 3. The second kappa shape index (κ2) is 3.87. The van der Waals surface area contributed by atoms with Crippen molar-refractivity contribution in [1.29, 1.82) is 0 Å². The van der Waals surface area contributed by atoms with Crippen LogP contribution in [0.2, 0.25) is 0 Å². The van der Waals surface area contributed by atoms with Gasteiger partial charge in [-0.25, -0.2) is 0 Å². The normalized spacial score (nSPS) is 14.8. The summed E-state index contributed by atoms with van der Waals surface area (Å²) in [5.74, 6) is 1.69. The Kier molecular flexibility index (Phi) is 2.44. The van der Waals surface area contributed by atoms with Crippen molar-refractivity contribution in [2.45, 2.75) is 26.2 Å². The average molecular weight is 243 g/mol. The van der Waals surface area contributed by atoms with Gasteiger partial charge in [0.15, 0.2) is 11.5 Å². The predicted molar refractivity (Wildman–Crippen MR) is 71.4 cm³/mol. The van der Waals surface area contributed by atoms with Crippen molar-refractivity contribution in [3.8, 4) is 11.5 Å². The quantitative estimate of drug-likeness (QED) is 0.711. The summed E-state index contributed by atoms with van der Waals surface area (Å²) >= 11 is 0. The maximum absolute atomic E-state index is 5.75. The first kappa shape index (κ1) is 11.3. The van der Waals surface area contributed by atoms with E-state index in [1.807, 2.05) is 18.3 Å². The minimum absolute atomic E-state index is 0.0171. The summed E-state index contributed by atoms with van der Waals surface area (Å²) in [6.45, 7) is 7.75. The van der Waals surface area contributed by atoms with E-state index < -0.39 is 0 Å². The van der Waals surface area contributed by atoms with Crippen molar-refractivity contribution in [3.05, 3.63) is 30.1 Å². The Balaban J connectivity index is 2.31. The third-order valence-electron chi connectivity index (χ3n) is 3.16. The van der Waals surface area contributed by atoms with Crippen molar-refractivity contribution in [1.82, 2.24) is 4.98 Å². The Labute approximate surface area is 107 Å².